The van der Waals surface area contributed by atoms with E-state index in [0.717, 1.165) is 6.42 Å². The van der Waals surface area contributed by atoms with Crippen molar-refractivity contribution in [2.75, 3.05) is 19.5 Å². The number of hydrogen-bond donors (Lipinski definition) is 1. The summed E-state index contributed by atoms with van der Waals surface area (Å²) in [4.78, 5) is 12.4. The molecule has 0 unspecified atom stereocenters. The van der Waals surface area contributed by atoms with Crippen molar-refractivity contribution in [3.63, 3.8) is 0 Å². The lowest BCUT2D eigenvalue weighted by molar-refractivity contribution is -0.684. The van der Waals surface area contributed by atoms with Crippen LogP contribution in [0.5, 0.6) is 11.5 Å². The molecule has 0 aliphatic carbocycles. The third-order valence-electron chi connectivity index (χ3n) is 4.22. The van der Waals surface area contributed by atoms with Gasteiger partial charge in [-0.25, -0.2) is 0 Å². The van der Waals surface area contributed by atoms with E-state index in [9.17, 15) is 4.79 Å². The van der Waals surface area contributed by atoms with Gasteiger partial charge in [-0.05, 0) is 29.7 Å². The van der Waals surface area contributed by atoms with Gasteiger partial charge in [-0.15, -0.1) is 0 Å². The molecule has 1 N–H and O–H groups in total. The van der Waals surface area contributed by atoms with Crippen LogP contribution in [0.3, 0.4) is 0 Å². The van der Waals surface area contributed by atoms with Gasteiger partial charge in [0.25, 0.3) is 5.91 Å². The Bertz CT molecular complexity index is 893. The topological polar surface area (TPSA) is 51.4 Å². The summed E-state index contributed by atoms with van der Waals surface area (Å²) in [5.41, 5.74) is 3.05. The molecule has 0 radical (unpaired) electrons. The first-order chi connectivity index (χ1) is 13.2. The molecular weight excluding hydrogens is 340 g/mol. The van der Waals surface area contributed by atoms with Gasteiger partial charge in [0.05, 0.1) is 19.9 Å². The zero-order valence-corrected chi connectivity index (χ0v) is 15.5. The second-order valence-electron chi connectivity index (χ2n) is 6.16. The number of methoxy groups -OCH3 is 2. The van der Waals surface area contributed by atoms with Crippen molar-refractivity contribution in [2.24, 2.45) is 0 Å². The summed E-state index contributed by atoms with van der Waals surface area (Å²) in [6.45, 7) is 0.214. The largest absolute Gasteiger partial charge is 0.497 e. The number of pyridine rings is 1. The molecule has 138 valence electrons. The van der Waals surface area contributed by atoms with Crippen LogP contribution >= 0.6 is 0 Å². The highest BCUT2D eigenvalue weighted by Crippen LogP contribution is 2.28. The molecule has 1 amide bonds. The lowest BCUT2D eigenvalue weighted by Gasteiger charge is -2.10. The molecule has 0 saturated heterocycles. The molecule has 27 heavy (non-hydrogen) atoms. The normalized spacial score (nSPS) is 10.3. The second kappa shape index (κ2) is 8.85. The lowest BCUT2D eigenvalue weighted by atomic mass is 10.1. The number of ether oxygens (including phenoxy) is 2. The number of anilines is 1. The molecule has 1 aromatic heterocycles. The number of carbonyl (C=O) groups is 1. The molecular formula is C22H23N2O3+. The van der Waals surface area contributed by atoms with E-state index in [1.807, 2.05) is 47.3 Å². The number of rotatable bonds is 7. The Morgan fingerprint density at radius 1 is 0.926 bits per heavy atom. The van der Waals surface area contributed by atoms with Crippen LogP contribution in [0.25, 0.3) is 0 Å². The molecule has 0 fully saturated rings. The maximum absolute atomic E-state index is 12.4. The average molecular weight is 363 g/mol. The number of hydrogen-bond acceptors (Lipinski definition) is 3. The maximum Gasteiger partial charge on any atom is 0.290 e. The van der Waals surface area contributed by atoms with Gasteiger partial charge in [0, 0.05) is 18.2 Å². The van der Waals surface area contributed by atoms with E-state index < -0.39 is 0 Å². The SMILES string of the molecule is COc1ccc(OC)c(NC(=O)C[n+]2ccc(Cc3ccccc3)cc2)c1. The first-order valence-electron chi connectivity index (χ1n) is 8.71. The Labute approximate surface area is 159 Å². The Kier molecular flexibility index (Phi) is 6.05. The third-order valence-corrected chi connectivity index (χ3v) is 4.22. The summed E-state index contributed by atoms with van der Waals surface area (Å²) in [5.74, 6) is 1.11. The molecule has 0 atom stereocenters. The molecule has 2 aromatic carbocycles. The number of benzene rings is 2. The van der Waals surface area contributed by atoms with Crippen molar-refractivity contribution in [1.29, 1.82) is 0 Å². The monoisotopic (exact) mass is 363 g/mol. The molecule has 0 aliphatic heterocycles. The molecule has 0 bridgehead atoms. The van der Waals surface area contributed by atoms with E-state index in [0.29, 0.717) is 17.2 Å². The van der Waals surface area contributed by atoms with E-state index in [1.54, 1.807) is 32.4 Å². The zero-order chi connectivity index (χ0) is 19.1. The molecule has 1 heterocycles. The van der Waals surface area contributed by atoms with Crippen molar-refractivity contribution in [1.82, 2.24) is 0 Å². The highest BCUT2D eigenvalue weighted by Gasteiger charge is 2.13. The Morgan fingerprint density at radius 3 is 2.30 bits per heavy atom. The standard InChI is InChI=1S/C22H22N2O3/c1-26-19-8-9-21(27-2)20(15-19)23-22(25)16-24-12-10-18(11-13-24)14-17-6-4-3-5-7-17/h3-13,15H,14,16H2,1-2H3/p+1. The summed E-state index contributed by atoms with van der Waals surface area (Å²) in [7, 11) is 3.15. The summed E-state index contributed by atoms with van der Waals surface area (Å²) in [5, 5.41) is 2.87. The molecule has 3 rings (SSSR count). The summed E-state index contributed by atoms with van der Waals surface area (Å²) in [6, 6.07) is 19.7. The number of nitrogens with one attached hydrogen (secondary N) is 1. The van der Waals surface area contributed by atoms with Crippen molar-refractivity contribution in [3.8, 4) is 11.5 Å². The predicted octanol–water partition coefficient (Wildman–Crippen LogP) is 3.22. The smallest absolute Gasteiger partial charge is 0.290 e. The van der Waals surface area contributed by atoms with Gasteiger partial charge in [-0.3, -0.25) is 4.79 Å². The molecule has 0 spiro atoms. The van der Waals surface area contributed by atoms with Crippen LogP contribution in [0.2, 0.25) is 0 Å². The fourth-order valence-corrected chi connectivity index (χ4v) is 2.81. The molecule has 3 aromatic rings. The van der Waals surface area contributed by atoms with E-state index in [1.165, 1.54) is 11.1 Å². The van der Waals surface area contributed by atoms with Gasteiger partial charge in [0.15, 0.2) is 12.4 Å². The summed E-state index contributed by atoms with van der Waals surface area (Å²) < 4.78 is 12.3. The Balaban J connectivity index is 1.63. The highest BCUT2D eigenvalue weighted by molar-refractivity contribution is 5.91. The molecule has 0 saturated carbocycles. The van der Waals surface area contributed by atoms with Gasteiger partial charge in [0.2, 0.25) is 6.54 Å². The van der Waals surface area contributed by atoms with Gasteiger partial charge in [-0.1, -0.05) is 30.3 Å². The average Bonchev–Trinajstić information content (AvgIpc) is 2.70. The van der Waals surface area contributed by atoms with Crippen molar-refractivity contribution >= 4 is 11.6 Å². The first kappa shape index (κ1) is 18.5. The Hall–Kier alpha value is -3.34. The maximum atomic E-state index is 12.4. The van der Waals surface area contributed by atoms with E-state index in [4.69, 9.17) is 9.47 Å². The summed E-state index contributed by atoms with van der Waals surface area (Å²) in [6.07, 6.45) is 4.70. The van der Waals surface area contributed by atoms with Gasteiger partial charge >= 0.3 is 0 Å². The van der Waals surface area contributed by atoms with Crippen LogP contribution in [0.1, 0.15) is 11.1 Å². The minimum atomic E-state index is -0.137. The zero-order valence-electron chi connectivity index (χ0n) is 15.5. The summed E-state index contributed by atoms with van der Waals surface area (Å²) >= 11 is 0. The first-order valence-corrected chi connectivity index (χ1v) is 8.71. The number of amides is 1. The van der Waals surface area contributed by atoms with Gasteiger partial charge < -0.3 is 14.8 Å². The molecule has 0 aliphatic rings. The van der Waals surface area contributed by atoms with Crippen LogP contribution in [0.15, 0.2) is 73.1 Å². The second-order valence-corrected chi connectivity index (χ2v) is 6.16. The van der Waals surface area contributed by atoms with Crippen LogP contribution < -0.4 is 19.4 Å². The Morgan fingerprint density at radius 2 is 1.63 bits per heavy atom. The van der Waals surface area contributed by atoms with Crippen LogP contribution in [0, 0.1) is 0 Å². The van der Waals surface area contributed by atoms with Gasteiger partial charge in [0.1, 0.15) is 11.5 Å². The minimum absolute atomic E-state index is 0.137. The van der Waals surface area contributed by atoms with E-state index in [2.05, 4.69) is 17.4 Å². The fraction of sp³-hybridized carbons (Fsp3) is 0.182. The quantitative estimate of drug-likeness (QED) is 0.656. The number of aromatic nitrogens is 1. The van der Waals surface area contributed by atoms with Crippen LogP contribution in [0.4, 0.5) is 5.69 Å². The molecule has 5 heteroatoms. The predicted molar refractivity (Wildman–Crippen MR) is 104 cm³/mol. The molecule has 5 nitrogen and oxygen atoms in total. The van der Waals surface area contributed by atoms with Gasteiger partial charge in [-0.2, -0.15) is 4.57 Å². The van der Waals surface area contributed by atoms with E-state index >= 15 is 0 Å². The minimum Gasteiger partial charge on any atom is -0.497 e. The number of carbonyl (C=O) groups excluding carboxylic acids is 1. The highest BCUT2D eigenvalue weighted by atomic mass is 16.5. The van der Waals surface area contributed by atoms with E-state index in [-0.39, 0.29) is 12.5 Å². The fourth-order valence-electron chi connectivity index (χ4n) is 2.81. The number of nitrogens with zero attached hydrogens (tertiary/aromatic N) is 1. The van der Waals surface area contributed by atoms with Crippen molar-refractivity contribution in [2.45, 2.75) is 13.0 Å². The van der Waals surface area contributed by atoms with Crippen molar-refractivity contribution < 1.29 is 18.8 Å². The van der Waals surface area contributed by atoms with Crippen molar-refractivity contribution in [3.05, 3.63) is 84.2 Å². The van der Waals surface area contributed by atoms with Crippen LogP contribution in [-0.4, -0.2) is 20.1 Å². The lowest BCUT2D eigenvalue weighted by Crippen LogP contribution is -2.39. The van der Waals surface area contributed by atoms with Crippen LogP contribution in [-0.2, 0) is 17.8 Å². The third kappa shape index (κ3) is 5.07.